The quantitative estimate of drug-likeness (QED) is 0.273. The first-order valence-electron chi connectivity index (χ1n) is 7.44. The lowest BCUT2D eigenvalue weighted by Gasteiger charge is -2.26. The van der Waals surface area contributed by atoms with Crippen LogP contribution in [0.1, 0.15) is 0 Å². The van der Waals surface area contributed by atoms with Crippen molar-refractivity contribution in [2.24, 2.45) is 0 Å². The summed E-state index contributed by atoms with van der Waals surface area (Å²) in [6, 6.07) is 0. The van der Waals surface area contributed by atoms with Crippen LogP contribution >= 0.6 is 24.0 Å². The van der Waals surface area contributed by atoms with Crippen molar-refractivity contribution in [1.82, 2.24) is 19.6 Å². The van der Waals surface area contributed by atoms with Gasteiger partial charge in [0.25, 0.3) is 0 Å². The van der Waals surface area contributed by atoms with Crippen LogP contribution in [0.15, 0.2) is 0 Å². The van der Waals surface area contributed by atoms with Crippen LogP contribution in [-0.4, -0.2) is 112 Å². The summed E-state index contributed by atoms with van der Waals surface area (Å²) in [6.07, 6.45) is 0. The summed E-state index contributed by atoms with van der Waals surface area (Å²) in [7, 11) is -1.92. The molecule has 3 unspecified atom stereocenters. The first-order valence-corrected chi connectivity index (χ1v) is 11.3. The maximum absolute atomic E-state index is 10.8. The number of hydrogen-bond acceptors (Lipinski definition) is 7. The van der Waals surface area contributed by atoms with Gasteiger partial charge in [0.2, 0.25) is 24.0 Å². The normalized spacial score (nSPS) is 14.5. The highest BCUT2D eigenvalue weighted by Gasteiger charge is 2.11. The van der Waals surface area contributed by atoms with Crippen LogP contribution in [0.5, 0.6) is 0 Å². The van der Waals surface area contributed by atoms with Crippen molar-refractivity contribution in [3.8, 4) is 0 Å². The van der Waals surface area contributed by atoms with E-state index in [1.807, 2.05) is 0 Å². The Kier molecular flexibility index (Phi) is 14.3. The van der Waals surface area contributed by atoms with Crippen LogP contribution in [0.25, 0.3) is 0 Å². The third-order valence-corrected chi connectivity index (χ3v) is 4.97. The topological polar surface area (TPSA) is 143 Å². The van der Waals surface area contributed by atoms with E-state index in [-0.39, 0.29) is 0 Å². The van der Waals surface area contributed by atoms with Crippen molar-refractivity contribution >= 4 is 41.8 Å². The van der Waals surface area contributed by atoms with Crippen molar-refractivity contribution in [3.63, 3.8) is 0 Å². The minimum absolute atomic E-state index is 0.533. The summed E-state index contributed by atoms with van der Waals surface area (Å²) in [5.74, 6) is 3.71. The second kappa shape index (κ2) is 14.2. The van der Waals surface area contributed by atoms with E-state index in [2.05, 4.69) is 4.90 Å². The molecule has 0 radical (unpaired) electrons. The summed E-state index contributed by atoms with van der Waals surface area (Å²) < 4.78 is 0. The Balaban J connectivity index is 4.61. The maximum atomic E-state index is 10.8. The van der Waals surface area contributed by atoms with Crippen LogP contribution in [0.4, 0.5) is 0 Å². The molecule has 0 spiro atoms. The van der Waals surface area contributed by atoms with E-state index in [1.54, 1.807) is 35.8 Å². The van der Waals surface area contributed by atoms with Gasteiger partial charge in [-0.25, -0.2) is 14.7 Å². The molecule has 0 bridgehead atoms. The molecule has 0 aliphatic rings. The van der Waals surface area contributed by atoms with E-state index in [1.165, 1.54) is 17.8 Å². The molecule has 0 saturated carbocycles. The lowest BCUT2D eigenvalue weighted by molar-refractivity contribution is -0.168. The highest BCUT2D eigenvalue weighted by Crippen LogP contribution is 2.02. The molecule has 13 heteroatoms. The molecule has 0 aromatic rings. The van der Waals surface area contributed by atoms with E-state index >= 15 is 0 Å². The zero-order valence-electron chi connectivity index (χ0n) is 14.7. The molecule has 3 N–H and O–H groups in total. The van der Waals surface area contributed by atoms with Crippen LogP contribution in [0, 0.1) is 0 Å². The number of likely N-dealkylation sites (N-methyl/N-ethyl adjacent to an activating group) is 3. The van der Waals surface area contributed by atoms with Crippen molar-refractivity contribution in [3.05, 3.63) is 0 Å². The Labute approximate surface area is 151 Å². The first-order chi connectivity index (χ1) is 11.6. The molecule has 25 heavy (non-hydrogen) atoms. The van der Waals surface area contributed by atoms with Crippen LogP contribution < -0.4 is 14.7 Å². The smallest absolute Gasteiger partial charge is 0.229 e. The Morgan fingerprint density at radius 2 is 0.840 bits per heavy atom. The Bertz CT molecular complexity index is 401. The number of rotatable bonds is 12. The monoisotopic (exact) mass is 416 g/mol. The van der Waals surface area contributed by atoms with E-state index in [0.29, 0.717) is 39.3 Å². The Morgan fingerprint density at radius 1 is 0.600 bits per heavy atom. The van der Waals surface area contributed by atoms with E-state index in [0.717, 1.165) is 0 Å². The largest absolute Gasteiger partial charge is 0.602 e. The minimum Gasteiger partial charge on any atom is -0.602 e. The summed E-state index contributed by atoms with van der Waals surface area (Å²) in [5.41, 5.74) is 0. The number of nitrogens with zero attached hydrogens (tertiary/aromatic N) is 4. The molecule has 10 nitrogen and oxygen atoms in total. The van der Waals surface area contributed by atoms with E-state index < -0.39 is 24.0 Å². The van der Waals surface area contributed by atoms with Crippen LogP contribution in [0.2, 0.25) is 0 Å². The Morgan fingerprint density at radius 3 is 1.04 bits per heavy atom. The molecule has 0 rings (SSSR count). The summed E-state index contributed by atoms with van der Waals surface area (Å²) in [6.45, 7) is 3.41. The van der Waals surface area contributed by atoms with Crippen LogP contribution in [-0.2, 0) is 0 Å². The lowest BCUT2D eigenvalue weighted by Crippen LogP contribution is -2.41. The zero-order valence-corrected chi connectivity index (χ0v) is 17.4. The molecule has 0 aromatic heterocycles. The molecule has 0 saturated heterocycles. The van der Waals surface area contributed by atoms with Gasteiger partial charge in [0, 0.05) is 39.3 Å². The van der Waals surface area contributed by atoms with Gasteiger partial charge in [0.15, 0.2) is 17.8 Å². The fraction of sp³-hybridized carbons (Fsp3) is 0.750. The molecule has 146 valence electrons. The third kappa shape index (κ3) is 16.0. The molecule has 0 aromatic carbocycles. The molecule has 0 amide bonds. The van der Waals surface area contributed by atoms with Crippen LogP contribution in [0.3, 0.4) is 0 Å². The molecule has 0 heterocycles. The first kappa shape index (κ1) is 25.1. The van der Waals surface area contributed by atoms with Gasteiger partial charge < -0.3 is 14.7 Å². The second-order valence-corrected chi connectivity index (χ2v) is 8.05. The minimum atomic E-state index is -2.34. The van der Waals surface area contributed by atoms with Gasteiger partial charge in [-0.1, -0.05) is 0 Å². The molecular formula is C12H27N4O6P3. The fourth-order valence-corrected chi connectivity index (χ4v) is 3.27. The zero-order chi connectivity index (χ0) is 19.4. The highest BCUT2D eigenvalue weighted by atomic mass is 31.1. The summed E-state index contributed by atoms with van der Waals surface area (Å²) in [5, 5.41) is 0. The molecule has 0 aliphatic carbocycles. The van der Waals surface area contributed by atoms with Gasteiger partial charge in [-0.05, 0) is 21.1 Å². The molecule has 3 atom stereocenters. The van der Waals surface area contributed by atoms with Gasteiger partial charge in [-0.15, -0.1) is 0 Å². The van der Waals surface area contributed by atoms with Gasteiger partial charge in [0.05, 0.1) is 0 Å². The maximum Gasteiger partial charge on any atom is 0.229 e. The molecule has 0 fully saturated rings. The second-order valence-electron chi connectivity index (χ2n) is 5.54. The van der Waals surface area contributed by atoms with Crippen molar-refractivity contribution < 1.29 is 29.4 Å². The summed E-state index contributed by atoms with van der Waals surface area (Å²) in [4.78, 5) is 66.0. The lowest BCUT2D eigenvalue weighted by atomic mass is 10.4. The average molecular weight is 416 g/mol. The average Bonchev–Trinajstić information content (AvgIpc) is 2.44. The van der Waals surface area contributed by atoms with Crippen molar-refractivity contribution in [1.29, 1.82) is 0 Å². The Hall–Kier alpha value is 0.110. The van der Waals surface area contributed by atoms with Gasteiger partial charge in [-0.2, -0.15) is 14.7 Å². The third-order valence-electron chi connectivity index (χ3n) is 3.19. The standard InChI is InChI=1S/C12H27N4O6P3/c1-13(10-23(17)18)4-7-16(8-5-14(2)11-24(19)20)9-6-15(3)12-25(21)22/h10-12H,4-9H2,1-3H3,(H,17,18)(H,19,20)(H,21,22). The van der Waals surface area contributed by atoms with Gasteiger partial charge >= 0.3 is 0 Å². The number of hydrogen-bond donors (Lipinski definition) is 3. The van der Waals surface area contributed by atoms with Gasteiger partial charge in [0.1, 0.15) is 0 Å². The van der Waals surface area contributed by atoms with Crippen molar-refractivity contribution in [2.45, 2.75) is 0 Å². The summed E-state index contributed by atoms with van der Waals surface area (Å²) >= 11 is 0. The van der Waals surface area contributed by atoms with E-state index in [9.17, 15) is 14.7 Å². The predicted octanol–water partition coefficient (Wildman–Crippen LogP) is -3.64. The SMILES string of the molecule is CN(C=[P+]([O-])O)CCN(CCN(C)C=[P+]([O-])O)CCN(C)C=[P+]([O-])O. The molecular weight excluding hydrogens is 389 g/mol. The van der Waals surface area contributed by atoms with E-state index in [4.69, 9.17) is 14.7 Å². The fourth-order valence-electron chi connectivity index (χ4n) is 1.91. The van der Waals surface area contributed by atoms with Gasteiger partial charge in [-0.3, -0.25) is 4.90 Å². The predicted molar refractivity (Wildman–Crippen MR) is 99.9 cm³/mol. The molecule has 0 aliphatic heterocycles. The highest BCUT2D eigenvalue weighted by molar-refractivity contribution is 7.44. The van der Waals surface area contributed by atoms with Crippen molar-refractivity contribution in [2.75, 3.05) is 60.4 Å².